The first-order valence-electron chi connectivity index (χ1n) is 5.80. The van der Waals surface area contributed by atoms with Gasteiger partial charge in [0, 0.05) is 13.1 Å². The minimum Gasteiger partial charge on any atom is -0.320 e. The Kier molecular flexibility index (Phi) is 3.59. The van der Waals surface area contributed by atoms with Crippen LogP contribution in [-0.2, 0) is 19.3 Å². The van der Waals surface area contributed by atoms with Gasteiger partial charge in [-0.2, -0.15) is 18.3 Å². The molecule has 19 heavy (non-hydrogen) atoms. The molecule has 0 aliphatic heterocycles. The summed E-state index contributed by atoms with van der Waals surface area (Å²) < 4.78 is 41.2. The third-order valence-corrected chi connectivity index (χ3v) is 2.67. The van der Waals surface area contributed by atoms with Gasteiger partial charge in [-0.05, 0) is 18.9 Å². The van der Waals surface area contributed by atoms with Gasteiger partial charge >= 0.3 is 6.18 Å². The van der Waals surface area contributed by atoms with Crippen molar-refractivity contribution in [3.63, 3.8) is 0 Å². The Hall–Kier alpha value is -1.86. The van der Waals surface area contributed by atoms with Gasteiger partial charge in [0.2, 0.25) is 0 Å². The van der Waals surface area contributed by atoms with Gasteiger partial charge in [-0.15, -0.1) is 10.2 Å². The lowest BCUT2D eigenvalue weighted by Gasteiger charge is -2.15. The van der Waals surface area contributed by atoms with E-state index in [1.807, 2.05) is 6.92 Å². The summed E-state index contributed by atoms with van der Waals surface area (Å²) in [6.07, 6.45) is -1.30. The number of hydrogen-bond donors (Lipinski definition) is 0. The van der Waals surface area contributed by atoms with Crippen LogP contribution in [0.25, 0.3) is 0 Å². The zero-order valence-electron chi connectivity index (χ0n) is 10.6. The summed E-state index contributed by atoms with van der Waals surface area (Å²) in [6.45, 7) is 4.15. The normalized spacial score (nSPS) is 13.7. The Morgan fingerprint density at radius 1 is 1.21 bits per heavy atom. The number of hydrogen-bond acceptors (Lipinski definition) is 3. The largest absolute Gasteiger partial charge is 0.433 e. The van der Waals surface area contributed by atoms with Gasteiger partial charge in [0.25, 0.3) is 0 Å². The lowest BCUT2D eigenvalue weighted by atomic mass is 10.2. The fourth-order valence-corrected chi connectivity index (χ4v) is 1.94. The number of nitrogens with zero attached hydrogens (tertiary/aromatic N) is 5. The fraction of sp³-hybridized carbons (Fsp3) is 0.545. The molecule has 0 radical (unpaired) electrons. The molecule has 1 atom stereocenters. The van der Waals surface area contributed by atoms with Crippen LogP contribution >= 0.6 is 0 Å². The third kappa shape index (κ3) is 3.33. The molecule has 0 bridgehead atoms. The molecule has 2 heterocycles. The molecular formula is C11H14F3N5. The lowest BCUT2D eigenvalue weighted by Crippen LogP contribution is -2.20. The van der Waals surface area contributed by atoms with Crippen molar-refractivity contribution < 1.29 is 13.2 Å². The van der Waals surface area contributed by atoms with Gasteiger partial charge in [0.05, 0.1) is 5.69 Å². The van der Waals surface area contributed by atoms with Crippen molar-refractivity contribution in [2.24, 2.45) is 5.92 Å². The predicted octanol–water partition coefficient (Wildman–Crippen LogP) is 2.14. The first kappa shape index (κ1) is 13.6. The Bertz CT molecular complexity index is 529. The number of alkyl halides is 3. The van der Waals surface area contributed by atoms with Gasteiger partial charge in [-0.1, -0.05) is 6.92 Å². The van der Waals surface area contributed by atoms with E-state index in [1.165, 1.54) is 12.7 Å². The summed E-state index contributed by atoms with van der Waals surface area (Å²) in [5.74, 6) is -0.0172. The van der Waals surface area contributed by atoms with E-state index in [0.29, 0.717) is 12.2 Å². The molecule has 0 spiro atoms. The summed E-state index contributed by atoms with van der Waals surface area (Å²) in [4.78, 5) is 0. The lowest BCUT2D eigenvalue weighted by molar-refractivity contribution is -0.144. The number of rotatable bonds is 4. The van der Waals surface area contributed by atoms with Crippen LogP contribution in [0.2, 0.25) is 0 Å². The van der Waals surface area contributed by atoms with Crippen LogP contribution in [0.5, 0.6) is 0 Å². The summed E-state index contributed by atoms with van der Waals surface area (Å²) in [6, 6.07) is 1.06. The van der Waals surface area contributed by atoms with Gasteiger partial charge in [-0.25, -0.2) is 0 Å². The second-order valence-corrected chi connectivity index (χ2v) is 4.61. The second-order valence-electron chi connectivity index (χ2n) is 4.61. The van der Waals surface area contributed by atoms with E-state index >= 15 is 0 Å². The molecule has 0 aliphatic rings. The van der Waals surface area contributed by atoms with Crippen molar-refractivity contribution >= 4 is 0 Å². The average Bonchev–Trinajstić information content (AvgIpc) is 2.87. The van der Waals surface area contributed by atoms with Gasteiger partial charge in [-0.3, -0.25) is 4.68 Å². The molecule has 8 heteroatoms. The first-order chi connectivity index (χ1) is 8.86. The molecule has 2 rings (SSSR count). The predicted molar refractivity (Wildman–Crippen MR) is 61.2 cm³/mol. The molecule has 0 aliphatic carbocycles. The molecule has 0 fully saturated rings. The Morgan fingerprint density at radius 3 is 2.42 bits per heavy atom. The number of aryl methyl sites for hydroxylation is 1. The highest BCUT2D eigenvalue weighted by Gasteiger charge is 2.35. The second kappa shape index (κ2) is 5.02. The highest BCUT2D eigenvalue weighted by atomic mass is 19.4. The molecule has 0 N–H and O–H groups in total. The third-order valence-electron chi connectivity index (χ3n) is 2.67. The Morgan fingerprint density at radius 2 is 1.84 bits per heavy atom. The monoisotopic (exact) mass is 273 g/mol. The van der Waals surface area contributed by atoms with Crippen LogP contribution in [0, 0.1) is 12.8 Å². The molecular weight excluding hydrogens is 259 g/mol. The van der Waals surface area contributed by atoms with Crippen molar-refractivity contribution in [2.45, 2.75) is 33.1 Å². The van der Waals surface area contributed by atoms with E-state index in [0.717, 1.165) is 10.7 Å². The quantitative estimate of drug-likeness (QED) is 0.857. The summed E-state index contributed by atoms with van der Waals surface area (Å²) in [5, 5.41) is 11.2. The van der Waals surface area contributed by atoms with E-state index < -0.39 is 11.9 Å². The van der Waals surface area contributed by atoms with Crippen molar-refractivity contribution in [1.82, 2.24) is 24.5 Å². The van der Waals surface area contributed by atoms with Gasteiger partial charge in [0.15, 0.2) is 0 Å². The summed E-state index contributed by atoms with van der Waals surface area (Å²) in [5.41, 5.74) is -0.343. The van der Waals surface area contributed by atoms with Crippen molar-refractivity contribution in [2.75, 3.05) is 0 Å². The van der Waals surface area contributed by atoms with Crippen LogP contribution in [0.1, 0.15) is 18.3 Å². The minimum atomic E-state index is -4.38. The average molecular weight is 273 g/mol. The van der Waals surface area contributed by atoms with Crippen LogP contribution in [0.15, 0.2) is 18.7 Å². The molecule has 0 saturated heterocycles. The minimum absolute atomic E-state index is 0.0172. The van der Waals surface area contributed by atoms with Crippen molar-refractivity contribution in [3.05, 3.63) is 30.1 Å². The number of halogens is 3. The van der Waals surface area contributed by atoms with E-state index in [-0.39, 0.29) is 12.5 Å². The molecule has 5 nitrogen and oxygen atoms in total. The van der Waals surface area contributed by atoms with Crippen LogP contribution in [0.3, 0.4) is 0 Å². The van der Waals surface area contributed by atoms with E-state index in [4.69, 9.17) is 0 Å². The van der Waals surface area contributed by atoms with E-state index in [1.54, 1.807) is 11.5 Å². The van der Waals surface area contributed by atoms with Crippen LogP contribution < -0.4 is 0 Å². The van der Waals surface area contributed by atoms with Crippen LogP contribution in [-0.4, -0.2) is 24.5 Å². The van der Waals surface area contributed by atoms with E-state index in [9.17, 15) is 13.2 Å². The Labute approximate surface area is 108 Å². The standard InChI is InChI=1S/C11H14F3N5/c1-8(4-18-6-15-16-7-18)5-19-10(11(12,13)14)3-9(2)17-19/h3,6-8H,4-5H2,1-2H3/t8-/m1/s1. The zero-order valence-corrected chi connectivity index (χ0v) is 10.6. The highest BCUT2D eigenvalue weighted by molar-refractivity contribution is 5.12. The van der Waals surface area contributed by atoms with Gasteiger partial charge < -0.3 is 4.57 Å². The topological polar surface area (TPSA) is 48.5 Å². The maximum atomic E-state index is 12.8. The van der Waals surface area contributed by atoms with Crippen molar-refractivity contribution in [1.29, 1.82) is 0 Å². The maximum absolute atomic E-state index is 12.8. The molecule has 0 aromatic carbocycles. The van der Waals surface area contributed by atoms with E-state index in [2.05, 4.69) is 15.3 Å². The molecule has 0 amide bonds. The summed E-state index contributed by atoms with van der Waals surface area (Å²) in [7, 11) is 0. The SMILES string of the molecule is Cc1cc(C(F)(F)F)n(C[C@H](C)Cn2cnnc2)n1. The van der Waals surface area contributed by atoms with Crippen LogP contribution in [0.4, 0.5) is 13.2 Å². The Balaban J connectivity index is 2.10. The molecule has 2 aromatic rings. The fourth-order valence-electron chi connectivity index (χ4n) is 1.94. The molecule has 0 saturated carbocycles. The number of aromatic nitrogens is 5. The molecule has 2 aromatic heterocycles. The first-order valence-corrected chi connectivity index (χ1v) is 5.80. The molecule has 104 valence electrons. The smallest absolute Gasteiger partial charge is 0.320 e. The molecule has 0 unspecified atom stereocenters. The summed E-state index contributed by atoms with van der Waals surface area (Å²) >= 11 is 0. The van der Waals surface area contributed by atoms with Gasteiger partial charge in [0.1, 0.15) is 18.3 Å². The maximum Gasteiger partial charge on any atom is 0.433 e. The van der Waals surface area contributed by atoms with Crippen molar-refractivity contribution in [3.8, 4) is 0 Å². The highest BCUT2D eigenvalue weighted by Crippen LogP contribution is 2.30. The zero-order chi connectivity index (χ0) is 14.0.